The van der Waals surface area contributed by atoms with Crippen molar-refractivity contribution in [3.05, 3.63) is 34.9 Å². The van der Waals surface area contributed by atoms with Crippen molar-refractivity contribution in [3.63, 3.8) is 0 Å². The molecule has 1 heterocycles. The number of β-amino-alcohol motifs (C(OH)–C–C–N with tert-alkyl or cyclic N) is 1. The molecule has 1 aliphatic heterocycles. The molecule has 3 unspecified atom stereocenters. The third kappa shape index (κ3) is 3.04. The number of nitrogens with two attached hydrogens (primary N) is 1. The van der Waals surface area contributed by atoms with Gasteiger partial charge in [0.15, 0.2) is 0 Å². The summed E-state index contributed by atoms with van der Waals surface area (Å²) in [6.45, 7) is 3.71. The molecule has 1 fully saturated rings. The zero-order chi connectivity index (χ0) is 13.1. The number of hydrogen-bond acceptors (Lipinski definition) is 3. The van der Waals surface area contributed by atoms with Crippen molar-refractivity contribution in [1.29, 1.82) is 0 Å². The van der Waals surface area contributed by atoms with E-state index in [2.05, 4.69) is 11.8 Å². The van der Waals surface area contributed by atoms with Gasteiger partial charge in [-0.3, -0.25) is 4.90 Å². The molecule has 0 bridgehead atoms. The second-order valence-electron chi connectivity index (χ2n) is 5.01. The summed E-state index contributed by atoms with van der Waals surface area (Å²) >= 11 is 5.93. The highest BCUT2D eigenvalue weighted by Crippen LogP contribution is 2.29. The lowest BCUT2D eigenvalue weighted by molar-refractivity contribution is 0.148. The highest BCUT2D eigenvalue weighted by atomic mass is 35.5. The normalized spacial score (nSPS) is 24.1. The van der Waals surface area contributed by atoms with Crippen LogP contribution in [0.25, 0.3) is 0 Å². The predicted molar refractivity (Wildman–Crippen MR) is 74.7 cm³/mol. The fraction of sp³-hybridized carbons (Fsp3) is 0.571. The van der Waals surface area contributed by atoms with E-state index in [1.807, 2.05) is 24.3 Å². The third-order valence-corrected chi connectivity index (χ3v) is 3.93. The minimum Gasteiger partial charge on any atom is -0.392 e. The van der Waals surface area contributed by atoms with E-state index < -0.39 is 0 Å². The summed E-state index contributed by atoms with van der Waals surface area (Å²) in [5.74, 6) is 0. The van der Waals surface area contributed by atoms with Gasteiger partial charge >= 0.3 is 0 Å². The van der Waals surface area contributed by atoms with Gasteiger partial charge in [-0.15, -0.1) is 0 Å². The number of likely N-dealkylation sites (tertiary alicyclic amines) is 1. The van der Waals surface area contributed by atoms with Crippen molar-refractivity contribution < 1.29 is 5.11 Å². The van der Waals surface area contributed by atoms with Crippen LogP contribution in [0.4, 0.5) is 0 Å². The molecule has 0 amide bonds. The molecule has 0 aliphatic carbocycles. The van der Waals surface area contributed by atoms with Crippen molar-refractivity contribution in [2.45, 2.75) is 38.0 Å². The van der Waals surface area contributed by atoms with Crippen molar-refractivity contribution >= 4 is 11.6 Å². The summed E-state index contributed by atoms with van der Waals surface area (Å²) in [5.41, 5.74) is 7.44. The first-order chi connectivity index (χ1) is 8.61. The lowest BCUT2D eigenvalue weighted by Gasteiger charge is -2.32. The standard InChI is InChI=1S/C14H21ClN2O/c1-2-13(16)14(17-8-7-12(18)9-17)10-3-5-11(15)6-4-10/h3-6,12-14,18H,2,7-9,16H2,1H3. The van der Waals surface area contributed by atoms with E-state index in [0.29, 0.717) is 6.54 Å². The molecule has 1 saturated heterocycles. The Bertz CT molecular complexity index is 382. The average Bonchev–Trinajstić information content (AvgIpc) is 2.78. The van der Waals surface area contributed by atoms with Gasteiger partial charge in [0, 0.05) is 30.2 Å². The molecular weight excluding hydrogens is 248 g/mol. The van der Waals surface area contributed by atoms with Crippen LogP contribution in [0.3, 0.4) is 0 Å². The van der Waals surface area contributed by atoms with Crippen molar-refractivity contribution in [3.8, 4) is 0 Å². The Kier molecular flexibility index (Phi) is 4.62. The van der Waals surface area contributed by atoms with Crippen molar-refractivity contribution in [1.82, 2.24) is 4.90 Å². The summed E-state index contributed by atoms with van der Waals surface area (Å²) < 4.78 is 0. The second-order valence-corrected chi connectivity index (χ2v) is 5.44. The molecule has 1 aromatic carbocycles. The molecule has 1 aliphatic rings. The van der Waals surface area contributed by atoms with Crippen LogP contribution in [0.2, 0.25) is 5.02 Å². The van der Waals surface area contributed by atoms with E-state index >= 15 is 0 Å². The highest BCUT2D eigenvalue weighted by molar-refractivity contribution is 6.30. The molecule has 3 N–H and O–H groups in total. The smallest absolute Gasteiger partial charge is 0.0679 e. The molecule has 2 rings (SSSR count). The van der Waals surface area contributed by atoms with Gasteiger partial charge in [-0.25, -0.2) is 0 Å². The Morgan fingerprint density at radius 2 is 2.11 bits per heavy atom. The fourth-order valence-corrected chi connectivity index (χ4v) is 2.76. The topological polar surface area (TPSA) is 49.5 Å². The number of nitrogens with zero attached hydrogens (tertiary/aromatic N) is 1. The van der Waals surface area contributed by atoms with Crippen LogP contribution in [-0.4, -0.2) is 35.2 Å². The lowest BCUT2D eigenvalue weighted by atomic mass is 9.96. The predicted octanol–water partition coefficient (Wildman–Crippen LogP) is 2.19. The number of hydrogen-bond donors (Lipinski definition) is 2. The molecule has 100 valence electrons. The molecule has 0 spiro atoms. The van der Waals surface area contributed by atoms with Crippen LogP contribution in [0.15, 0.2) is 24.3 Å². The fourth-order valence-electron chi connectivity index (χ4n) is 2.63. The summed E-state index contributed by atoms with van der Waals surface area (Å²) in [6, 6.07) is 8.12. The molecule has 0 aromatic heterocycles. The van der Waals surface area contributed by atoms with Crippen LogP contribution < -0.4 is 5.73 Å². The van der Waals surface area contributed by atoms with Crippen molar-refractivity contribution in [2.24, 2.45) is 5.73 Å². The van der Waals surface area contributed by atoms with E-state index in [1.165, 1.54) is 5.56 Å². The molecule has 0 saturated carbocycles. The summed E-state index contributed by atoms with van der Waals surface area (Å²) in [5, 5.41) is 10.4. The van der Waals surface area contributed by atoms with E-state index in [1.54, 1.807) is 0 Å². The van der Waals surface area contributed by atoms with Crippen LogP contribution in [0.1, 0.15) is 31.4 Å². The van der Waals surface area contributed by atoms with Gasteiger partial charge in [0.2, 0.25) is 0 Å². The maximum atomic E-state index is 9.69. The Morgan fingerprint density at radius 1 is 1.44 bits per heavy atom. The van der Waals surface area contributed by atoms with E-state index in [9.17, 15) is 5.11 Å². The van der Waals surface area contributed by atoms with Crippen LogP contribution in [-0.2, 0) is 0 Å². The maximum Gasteiger partial charge on any atom is 0.0679 e. The van der Waals surface area contributed by atoms with Gasteiger partial charge < -0.3 is 10.8 Å². The summed E-state index contributed by atoms with van der Waals surface area (Å²) in [4.78, 5) is 2.28. The number of benzene rings is 1. The van der Waals surface area contributed by atoms with Gasteiger partial charge in [0.1, 0.15) is 0 Å². The lowest BCUT2D eigenvalue weighted by Crippen LogP contribution is -2.40. The monoisotopic (exact) mass is 268 g/mol. The largest absolute Gasteiger partial charge is 0.392 e. The quantitative estimate of drug-likeness (QED) is 0.880. The molecule has 3 atom stereocenters. The van der Waals surface area contributed by atoms with Gasteiger partial charge in [0.25, 0.3) is 0 Å². The highest BCUT2D eigenvalue weighted by Gasteiger charge is 2.31. The third-order valence-electron chi connectivity index (χ3n) is 3.68. The van der Waals surface area contributed by atoms with E-state index in [-0.39, 0.29) is 18.2 Å². The summed E-state index contributed by atoms with van der Waals surface area (Å²) in [7, 11) is 0. The molecule has 18 heavy (non-hydrogen) atoms. The molecule has 4 heteroatoms. The molecule has 3 nitrogen and oxygen atoms in total. The van der Waals surface area contributed by atoms with Crippen LogP contribution in [0.5, 0.6) is 0 Å². The minimum absolute atomic E-state index is 0.0801. The van der Waals surface area contributed by atoms with Crippen LogP contribution in [0, 0.1) is 0 Å². The van der Waals surface area contributed by atoms with E-state index in [0.717, 1.165) is 24.4 Å². The number of halogens is 1. The van der Waals surface area contributed by atoms with Gasteiger partial charge in [-0.05, 0) is 30.5 Å². The second kappa shape index (κ2) is 6.02. The Morgan fingerprint density at radius 3 is 2.61 bits per heavy atom. The van der Waals surface area contributed by atoms with E-state index in [4.69, 9.17) is 17.3 Å². The number of aliphatic hydroxyl groups excluding tert-OH is 1. The molecule has 1 aromatic rings. The minimum atomic E-state index is -0.219. The van der Waals surface area contributed by atoms with Gasteiger partial charge in [0.05, 0.1) is 6.10 Å². The Hall–Kier alpha value is -0.610. The molecule has 0 radical (unpaired) electrons. The first-order valence-corrected chi connectivity index (χ1v) is 6.92. The maximum absolute atomic E-state index is 9.69. The first kappa shape index (κ1) is 13.8. The number of aliphatic hydroxyl groups is 1. The van der Waals surface area contributed by atoms with Crippen molar-refractivity contribution in [2.75, 3.05) is 13.1 Å². The first-order valence-electron chi connectivity index (χ1n) is 6.55. The van der Waals surface area contributed by atoms with Crippen LogP contribution >= 0.6 is 11.6 Å². The molecular formula is C14H21ClN2O. The van der Waals surface area contributed by atoms with Gasteiger partial charge in [-0.2, -0.15) is 0 Å². The Labute approximate surface area is 114 Å². The SMILES string of the molecule is CCC(N)C(c1ccc(Cl)cc1)N1CCC(O)C1. The Balaban J connectivity index is 2.22. The zero-order valence-corrected chi connectivity index (χ0v) is 11.5. The average molecular weight is 269 g/mol. The number of rotatable bonds is 4. The van der Waals surface area contributed by atoms with Gasteiger partial charge in [-0.1, -0.05) is 30.7 Å². The summed E-state index contributed by atoms with van der Waals surface area (Å²) in [6.07, 6.45) is 1.53. The zero-order valence-electron chi connectivity index (χ0n) is 10.7.